The second kappa shape index (κ2) is 6.63. The van der Waals surface area contributed by atoms with E-state index in [1.165, 1.54) is 25.1 Å². The predicted molar refractivity (Wildman–Crippen MR) is 81.0 cm³/mol. The molecule has 0 aliphatic carbocycles. The number of nitrogen functional groups attached to an aromatic ring is 1. The predicted octanol–water partition coefficient (Wildman–Crippen LogP) is 3.40. The van der Waals surface area contributed by atoms with Crippen LogP contribution < -0.4 is 5.73 Å². The fourth-order valence-electron chi connectivity index (χ4n) is 1.55. The van der Waals surface area contributed by atoms with Gasteiger partial charge in [-0.25, -0.2) is 9.78 Å². The summed E-state index contributed by atoms with van der Waals surface area (Å²) < 4.78 is 4.68. The summed E-state index contributed by atoms with van der Waals surface area (Å²) in [6, 6.07) is 9.23. The van der Waals surface area contributed by atoms with Crippen molar-refractivity contribution >= 4 is 35.0 Å². The monoisotopic (exact) mass is 308 g/mol. The number of anilines is 1. The van der Waals surface area contributed by atoms with E-state index in [2.05, 4.69) is 9.72 Å². The Morgan fingerprint density at radius 3 is 2.75 bits per heavy atom. The molecule has 0 spiro atoms. The fourth-order valence-corrected chi connectivity index (χ4v) is 2.51. The van der Waals surface area contributed by atoms with Gasteiger partial charge in [-0.2, -0.15) is 0 Å². The first-order valence-corrected chi connectivity index (χ1v) is 7.17. The van der Waals surface area contributed by atoms with Crippen LogP contribution in [-0.4, -0.2) is 18.1 Å². The second-order valence-electron chi connectivity index (χ2n) is 4.02. The molecule has 0 aliphatic rings. The molecule has 4 nitrogen and oxygen atoms in total. The maximum Gasteiger partial charge on any atom is 0.340 e. The van der Waals surface area contributed by atoms with Crippen molar-refractivity contribution < 1.29 is 9.53 Å². The zero-order chi connectivity index (χ0) is 14.5. The summed E-state index contributed by atoms with van der Waals surface area (Å²) in [5, 5.41) is 1.42. The Bertz CT molecular complexity index is 617. The lowest BCUT2D eigenvalue weighted by atomic mass is 10.2. The lowest BCUT2D eigenvalue weighted by Crippen LogP contribution is -2.06. The van der Waals surface area contributed by atoms with Crippen molar-refractivity contribution in [3.8, 4) is 0 Å². The second-order valence-corrected chi connectivity index (χ2v) is 5.45. The number of nitrogens with two attached hydrogens (primary N) is 1. The molecule has 0 radical (unpaired) electrons. The number of hydrogen-bond acceptors (Lipinski definition) is 5. The van der Waals surface area contributed by atoms with Crippen LogP contribution in [0.3, 0.4) is 0 Å². The van der Waals surface area contributed by atoms with E-state index in [0.29, 0.717) is 16.3 Å². The molecule has 0 bridgehead atoms. The number of rotatable bonds is 4. The van der Waals surface area contributed by atoms with Gasteiger partial charge in [-0.3, -0.25) is 0 Å². The maximum atomic E-state index is 11.5. The van der Waals surface area contributed by atoms with Crippen molar-refractivity contribution in [1.29, 1.82) is 0 Å². The number of halogens is 1. The number of hydrogen-bond donors (Lipinski definition) is 1. The Balaban J connectivity index is 2.10. The molecule has 0 unspecified atom stereocenters. The van der Waals surface area contributed by atoms with E-state index in [1.54, 1.807) is 6.07 Å². The van der Waals surface area contributed by atoms with Crippen LogP contribution in [0.25, 0.3) is 0 Å². The van der Waals surface area contributed by atoms with Crippen LogP contribution in [0.2, 0.25) is 5.02 Å². The minimum absolute atomic E-state index is 0.313. The van der Waals surface area contributed by atoms with Crippen LogP contribution in [0.15, 0.2) is 41.6 Å². The molecule has 104 valence electrons. The van der Waals surface area contributed by atoms with Gasteiger partial charge in [0.05, 0.1) is 29.6 Å². The van der Waals surface area contributed by atoms with Crippen LogP contribution >= 0.6 is 23.4 Å². The summed E-state index contributed by atoms with van der Waals surface area (Å²) >= 11 is 7.35. The van der Waals surface area contributed by atoms with Crippen molar-refractivity contribution in [2.24, 2.45) is 0 Å². The molecule has 6 heteroatoms. The number of pyridine rings is 1. The van der Waals surface area contributed by atoms with E-state index in [9.17, 15) is 4.79 Å². The number of thioether (sulfide) groups is 1. The molecule has 0 atom stereocenters. The van der Waals surface area contributed by atoms with Gasteiger partial charge in [0.2, 0.25) is 0 Å². The Kier molecular flexibility index (Phi) is 4.87. The van der Waals surface area contributed by atoms with Gasteiger partial charge in [0.25, 0.3) is 0 Å². The quantitative estimate of drug-likeness (QED) is 0.692. The van der Waals surface area contributed by atoms with Crippen molar-refractivity contribution in [3.05, 3.63) is 52.7 Å². The lowest BCUT2D eigenvalue weighted by molar-refractivity contribution is 0.0601. The SMILES string of the molecule is COC(=O)c1cc(SCc2ccc(Cl)cc2)ncc1N. The van der Waals surface area contributed by atoms with E-state index in [4.69, 9.17) is 17.3 Å². The number of nitrogens with zero attached hydrogens (tertiary/aromatic N) is 1. The minimum atomic E-state index is -0.460. The van der Waals surface area contributed by atoms with Crippen molar-refractivity contribution in [2.75, 3.05) is 12.8 Å². The van der Waals surface area contributed by atoms with Gasteiger partial charge in [0.1, 0.15) is 0 Å². The maximum absolute atomic E-state index is 11.5. The summed E-state index contributed by atoms with van der Waals surface area (Å²) in [4.78, 5) is 15.7. The third-order valence-electron chi connectivity index (χ3n) is 2.61. The van der Waals surface area contributed by atoms with Crippen LogP contribution in [0, 0.1) is 0 Å². The van der Waals surface area contributed by atoms with E-state index < -0.39 is 5.97 Å². The van der Waals surface area contributed by atoms with Crippen molar-refractivity contribution in [1.82, 2.24) is 4.98 Å². The molecule has 1 aromatic heterocycles. The zero-order valence-electron chi connectivity index (χ0n) is 10.8. The van der Waals surface area contributed by atoms with E-state index >= 15 is 0 Å². The highest BCUT2D eigenvalue weighted by Crippen LogP contribution is 2.24. The minimum Gasteiger partial charge on any atom is -0.465 e. The van der Waals surface area contributed by atoms with Crippen LogP contribution in [-0.2, 0) is 10.5 Å². The fraction of sp³-hybridized carbons (Fsp3) is 0.143. The Morgan fingerprint density at radius 2 is 2.10 bits per heavy atom. The first-order chi connectivity index (χ1) is 9.60. The van der Waals surface area contributed by atoms with Gasteiger partial charge in [-0.05, 0) is 23.8 Å². The summed E-state index contributed by atoms with van der Waals surface area (Å²) in [7, 11) is 1.32. The summed E-state index contributed by atoms with van der Waals surface area (Å²) in [6.45, 7) is 0. The lowest BCUT2D eigenvalue weighted by Gasteiger charge is -2.06. The third-order valence-corrected chi connectivity index (χ3v) is 3.86. The molecule has 0 saturated carbocycles. The number of esters is 1. The van der Waals surface area contributed by atoms with Crippen molar-refractivity contribution in [3.63, 3.8) is 0 Å². The van der Waals surface area contributed by atoms with Crippen LogP contribution in [0.1, 0.15) is 15.9 Å². The molecular formula is C14H13ClN2O2S. The summed E-state index contributed by atoms with van der Waals surface area (Å²) in [5.41, 5.74) is 7.47. The van der Waals surface area contributed by atoms with Gasteiger partial charge in [-0.15, -0.1) is 11.8 Å². The number of ether oxygens (including phenoxy) is 1. The molecule has 2 aromatic rings. The van der Waals surface area contributed by atoms with Gasteiger partial charge in [0, 0.05) is 10.8 Å². The first-order valence-electron chi connectivity index (χ1n) is 5.81. The van der Waals surface area contributed by atoms with E-state index in [-0.39, 0.29) is 0 Å². The molecule has 0 saturated heterocycles. The highest BCUT2D eigenvalue weighted by atomic mass is 35.5. The number of methoxy groups -OCH3 is 1. The molecule has 2 N–H and O–H groups in total. The highest BCUT2D eigenvalue weighted by molar-refractivity contribution is 7.98. The van der Waals surface area contributed by atoms with Gasteiger partial charge in [-0.1, -0.05) is 23.7 Å². The highest BCUT2D eigenvalue weighted by Gasteiger charge is 2.11. The van der Waals surface area contributed by atoms with Crippen LogP contribution in [0.5, 0.6) is 0 Å². The molecule has 2 rings (SSSR count). The van der Waals surface area contributed by atoms with Gasteiger partial charge >= 0.3 is 5.97 Å². The Hall–Kier alpha value is -1.72. The molecule has 20 heavy (non-hydrogen) atoms. The average Bonchev–Trinajstić information content (AvgIpc) is 2.47. The Labute approximate surface area is 126 Å². The standard InChI is InChI=1S/C14H13ClN2O2S/c1-19-14(18)11-6-13(17-7-12(11)16)20-8-9-2-4-10(15)5-3-9/h2-7H,8,16H2,1H3. The topological polar surface area (TPSA) is 65.2 Å². The smallest absolute Gasteiger partial charge is 0.340 e. The molecule has 1 aromatic carbocycles. The third kappa shape index (κ3) is 3.65. The van der Waals surface area contributed by atoms with Crippen LogP contribution in [0.4, 0.5) is 5.69 Å². The summed E-state index contributed by atoms with van der Waals surface area (Å²) in [6.07, 6.45) is 1.47. The Morgan fingerprint density at radius 1 is 1.40 bits per heavy atom. The molecule has 0 fully saturated rings. The molecule has 0 aliphatic heterocycles. The molecule has 0 amide bonds. The number of carbonyl (C=O) groups excluding carboxylic acids is 1. The number of benzene rings is 1. The molecule has 1 heterocycles. The normalized spacial score (nSPS) is 10.3. The van der Waals surface area contributed by atoms with E-state index in [0.717, 1.165) is 16.3 Å². The molecular weight excluding hydrogens is 296 g/mol. The zero-order valence-corrected chi connectivity index (χ0v) is 12.4. The average molecular weight is 309 g/mol. The number of carbonyl (C=O) groups is 1. The van der Waals surface area contributed by atoms with Gasteiger partial charge < -0.3 is 10.5 Å². The number of aromatic nitrogens is 1. The summed E-state index contributed by atoms with van der Waals surface area (Å²) in [5.74, 6) is 0.271. The van der Waals surface area contributed by atoms with Crippen molar-refractivity contribution in [2.45, 2.75) is 10.8 Å². The van der Waals surface area contributed by atoms with Gasteiger partial charge in [0.15, 0.2) is 0 Å². The first kappa shape index (κ1) is 14.7. The van der Waals surface area contributed by atoms with E-state index in [1.807, 2.05) is 24.3 Å². The largest absolute Gasteiger partial charge is 0.465 e.